The number of benzene rings is 1. The summed E-state index contributed by atoms with van der Waals surface area (Å²) in [4.78, 5) is 50.9. The summed E-state index contributed by atoms with van der Waals surface area (Å²) in [5.74, 6) is -3.99. The quantitative estimate of drug-likeness (QED) is 0.328. The topological polar surface area (TPSA) is 99.2 Å². The van der Waals surface area contributed by atoms with Crippen LogP contribution < -0.4 is 4.90 Å². The van der Waals surface area contributed by atoms with E-state index in [1.165, 1.54) is 13.8 Å². The maximum atomic E-state index is 13.4. The van der Waals surface area contributed by atoms with E-state index >= 15 is 0 Å². The normalized spacial score (nSPS) is 29.6. The number of aryl methyl sites for hydroxylation is 2. The zero-order valence-corrected chi connectivity index (χ0v) is 16.5. The largest absolute Gasteiger partial charge is 0.422 e. The minimum absolute atomic E-state index is 0.385. The SMILES string of the molecule is CC(=O)OC(OC(C)=O)[C@@]12C=C[C@@H](O1)[C@@H]1C(=O)N(c3ccc(C)c(C)c3)C(=O)[C@H]12. The van der Waals surface area contributed by atoms with Crippen LogP contribution in [0.25, 0.3) is 0 Å². The Balaban J connectivity index is 1.75. The molecule has 4 atom stereocenters. The molecule has 1 aromatic rings. The van der Waals surface area contributed by atoms with Crippen LogP contribution >= 0.6 is 0 Å². The van der Waals surface area contributed by atoms with Crippen molar-refractivity contribution in [3.05, 3.63) is 41.5 Å². The Morgan fingerprint density at radius 2 is 1.72 bits per heavy atom. The van der Waals surface area contributed by atoms with Gasteiger partial charge in [-0.25, -0.2) is 4.90 Å². The third-order valence-corrected chi connectivity index (χ3v) is 5.74. The predicted molar refractivity (Wildman–Crippen MR) is 99.5 cm³/mol. The number of ether oxygens (including phenoxy) is 3. The smallest absolute Gasteiger partial charge is 0.305 e. The average molecular weight is 399 g/mol. The van der Waals surface area contributed by atoms with Crippen LogP contribution in [0.3, 0.4) is 0 Å². The highest BCUT2D eigenvalue weighted by Crippen LogP contribution is 2.54. The number of fused-ring (bicyclic) bond motifs is 5. The van der Waals surface area contributed by atoms with Crippen LogP contribution in [0.4, 0.5) is 5.69 Å². The van der Waals surface area contributed by atoms with Crippen LogP contribution in [0, 0.1) is 25.7 Å². The fraction of sp³-hybridized carbons (Fsp3) is 0.429. The summed E-state index contributed by atoms with van der Waals surface area (Å²) in [6.45, 7) is 6.17. The molecule has 29 heavy (non-hydrogen) atoms. The molecule has 3 aliphatic rings. The van der Waals surface area contributed by atoms with Crippen LogP contribution in [0.5, 0.6) is 0 Å². The third-order valence-electron chi connectivity index (χ3n) is 5.74. The molecule has 8 nitrogen and oxygen atoms in total. The number of rotatable bonds is 4. The van der Waals surface area contributed by atoms with Gasteiger partial charge < -0.3 is 14.2 Å². The molecule has 8 heteroatoms. The van der Waals surface area contributed by atoms with Crippen molar-refractivity contribution >= 4 is 29.4 Å². The number of carbonyl (C=O) groups is 4. The monoisotopic (exact) mass is 399 g/mol. The van der Waals surface area contributed by atoms with Gasteiger partial charge in [-0.05, 0) is 43.2 Å². The van der Waals surface area contributed by atoms with E-state index in [0.717, 1.165) is 16.0 Å². The summed E-state index contributed by atoms with van der Waals surface area (Å²) < 4.78 is 16.3. The van der Waals surface area contributed by atoms with Gasteiger partial charge in [-0.3, -0.25) is 19.2 Å². The van der Waals surface area contributed by atoms with Crippen molar-refractivity contribution < 1.29 is 33.4 Å². The van der Waals surface area contributed by atoms with E-state index in [9.17, 15) is 19.2 Å². The highest BCUT2D eigenvalue weighted by Gasteiger charge is 2.72. The van der Waals surface area contributed by atoms with Crippen LogP contribution in [-0.2, 0) is 33.4 Å². The van der Waals surface area contributed by atoms with Gasteiger partial charge >= 0.3 is 11.9 Å². The number of esters is 2. The lowest BCUT2D eigenvalue weighted by Gasteiger charge is -2.34. The molecule has 2 amide bonds. The Morgan fingerprint density at radius 3 is 2.31 bits per heavy atom. The summed E-state index contributed by atoms with van der Waals surface area (Å²) in [6.07, 6.45) is 1.08. The molecule has 0 saturated carbocycles. The predicted octanol–water partition coefficient (Wildman–Crippen LogP) is 1.57. The number of imide groups is 1. The lowest BCUT2D eigenvalue weighted by atomic mass is 9.76. The van der Waals surface area contributed by atoms with Crippen molar-refractivity contribution in [2.45, 2.75) is 45.7 Å². The molecule has 4 rings (SSSR count). The number of nitrogens with zero attached hydrogens (tertiary/aromatic N) is 1. The van der Waals surface area contributed by atoms with Gasteiger partial charge in [-0.1, -0.05) is 12.1 Å². The summed E-state index contributed by atoms with van der Waals surface area (Å²) >= 11 is 0. The molecular weight excluding hydrogens is 378 g/mol. The third kappa shape index (κ3) is 2.78. The van der Waals surface area contributed by atoms with Crippen LogP contribution in [0.1, 0.15) is 25.0 Å². The van der Waals surface area contributed by atoms with Gasteiger partial charge in [0.1, 0.15) is 0 Å². The second kappa shape index (κ2) is 6.52. The van der Waals surface area contributed by atoms with E-state index in [4.69, 9.17) is 14.2 Å². The maximum Gasteiger partial charge on any atom is 0.305 e. The Labute approximate surface area is 167 Å². The summed E-state index contributed by atoms with van der Waals surface area (Å²) in [5, 5.41) is 0. The first-order valence-corrected chi connectivity index (χ1v) is 9.32. The van der Waals surface area contributed by atoms with E-state index in [2.05, 4.69) is 0 Å². The standard InChI is InChI=1S/C21H21NO7/c1-10-5-6-14(9-11(10)2)22-18(25)16-15-7-8-21(29-15,17(16)19(22)26)20(27-12(3)23)28-13(4)24/h5-9,15-17,20H,1-4H3/t15-,16+,17+,21+/m1/s1. The molecule has 3 aliphatic heterocycles. The Hall–Kier alpha value is -3.00. The summed E-state index contributed by atoms with van der Waals surface area (Å²) in [5.41, 5.74) is 0.932. The molecule has 0 spiro atoms. The van der Waals surface area contributed by atoms with E-state index in [1.54, 1.807) is 24.3 Å². The fourth-order valence-corrected chi connectivity index (χ4v) is 4.34. The highest BCUT2D eigenvalue weighted by atomic mass is 16.7. The molecule has 1 aromatic carbocycles. The zero-order chi connectivity index (χ0) is 21.1. The Morgan fingerprint density at radius 1 is 1.07 bits per heavy atom. The average Bonchev–Trinajstić information content (AvgIpc) is 3.28. The minimum Gasteiger partial charge on any atom is -0.422 e. The lowest BCUT2D eigenvalue weighted by molar-refractivity contribution is -0.226. The van der Waals surface area contributed by atoms with Crippen molar-refractivity contribution in [1.82, 2.24) is 0 Å². The van der Waals surface area contributed by atoms with Gasteiger partial charge in [0.25, 0.3) is 6.29 Å². The van der Waals surface area contributed by atoms with E-state index in [0.29, 0.717) is 5.69 Å². The number of amides is 2. The van der Waals surface area contributed by atoms with Crippen LogP contribution in [0.15, 0.2) is 30.4 Å². The number of anilines is 1. The second-order valence-corrected chi connectivity index (χ2v) is 7.63. The van der Waals surface area contributed by atoms with Crippen LogP contribution in [0.2, 0.25) is 0 Å². The molecule has 0 N–H and O–H groups in total. The second-order valence-electron chi connectivity index (χ2n) is 7.63. The first kappa shape index (κ1) is 19.3. The number of hydrogen-bond acceptors (Lipinski definition) is 7. The Kier molecular flexibility index (Phi) is 4.34. The molecule has 2 saturated heterocycles. The zero-order valence-electron chi connectivity index (χ0n) is 16.5. The van der Waals surface area contributed by atoms with Gasteiger partial charge in [-0.15, -0.1) is 0 Å². The minimum atomic E-state index is -1.53. The lowest BCUT2D eigenvalue weighted by Crippen LogP contribution is -2.52. The summed E-state index contributed by atoms with van der Waals surface area (Å²) in [6, 6.07) is 5.35. The first-order valence-electron chi connectivity index (χ1n) is 9.32. The molecule has 2 fully saturated rings. The van der Waals surface area contributed by atoms with E-state index in [-0.39, 0.29) is 5.91 Å². The number of hydrogen-bond donors (Lipinski definition) is 0. The van der Waals surface area contributed by atoms with Gasteiger partial charge in [0.15, 0.2) is 5.60 Å². The number of carbonyl (C=O) groups excluding carboxylic acids is 4. The molecule has 2 bridgehead atoms. The van der Waals surface area contributed by atoms with Crippen molar-refractivity contribution in [3.63, 3.8) is 0 Å². The van der Waals surface area contributed by atoms with Gasteiger partial charge in [0.2, 0.25) is 11.8 Å². The Bertz CT molecular complexity index is 952. The van der Waals surface area contributed by atoms with Gasteiger partial charge in [-0.2, -0.15) is 0 Å². The van der Waals surface area contributed by atoms with E-state index < -0.39 is 47.7 Å². The first-order chi connectivity index (χ1) is 13.7. The molecule has 3 heterocycles. The van der Waals surface area contributed by atoms with E-state index in [1.807, 2.05) is 19.9 Å². The van der Waals surface area contributed by atoms with Gasteiger partial charge in [0.05, 0.1) is 23.6 Å². The molecule has 0 radical (unpaired) electrons. The molecule has 152 valence electrons. The van der Waals surface area contributed by atoms with Crippen molar-refractivity contribution in [2.75, 3.05) is 4.90 Å². The highest BCUT2D eigenvalue weighted by molar-refractivity contribution is 6.23. The molecule has 0 unspecified atom stereocenters. The molecule has 0 aliphatic carbocycles. The maximum absolute atomic E-state index is 13.4. The van der Waals surface area contributed by atoms with Crippen molar-refractivity contribution in [1.29, 1.82) is 0 Å². The van der Waals surface area contributed by atoms with Crippen LogP contribution in [-0.4, -0.2) is 41.7 Å². The molecule has 0 aromatic heterocycles. The van der Waals surface area contributed by atoms with Crippen molar-refractivity contribution in [2.24, 2.45) is 11.8 Å². The fourth-order valence-electron chi connectivity index (χ4n) is 4.34. The molecular formula is C21H21NO7. The van der Waals surface area contributed by atoms with Crippen molar-refractivity contribution in [3.8, 4) is 0 Å². The summed E-state index contributed by atoms with van der Waals surface area (Å²) in [7, 11) is 0. The van der Waals surface area contributed by atoms with Gasteiger partial charge in [0, 0.05) is 13.8 Å².